The second kappa shape index (κ2) is 11.0. The van der Waals surface area contributed by atoms with Crippen molar-refractivity contribution in [3.05, 3.63) is 88.0 Å². The molecule has 0 fully saturated rings. The van der Waals surface area contributed by atoms with E-state index in [-0.39, 0.29) is 12.5 Å². The maximum absolute atomic E-state index is 13.9. The van der Waals surface area contributed by atoms with Crippen molar-refractivity contribution in [1.82, 2.24) is 30.0 Å². The van der Waals surface area contributed by atoms with Gasteiger partial charge in [0.1, 0.15) is 17.7 Å². The summed E-state index contributed by atoms with van der Waals surface area (Å²) in [7, 11) is 1.78. The van der Waals surface area contributed by atoms with E-state index in [4.69, 9.17) is 11.6 Å². The Morgan fingerprint density at radius 3 is 2.73 bits per heavy atom. The smallest absolute Gasteiger partial charge is 0.255 e. The maximum atomic E-state index is 13.9. The van der Waals surface area contributed by atoms with Crippen molar-refractivity contribution < 1.29 is 19.1 Å². The average molecular weight is 564 g/mol. The molecule has 3 heterocycles. The van der Waals surface area contributed by atoms with Crippen LogP contribution in [0.1, 0.15) is 40.0 Å². The molecule has 0 saturated heterocycles. The first-order chi connectivity index (χ1) is 19.1. The molecule has 12 heteroatoms. The zero-order valence-electron chi connectivity index (χ0n) is 22.0. The molecule has 0 bridgehead atoms. The number of nitrogens with zero attached hydrogens (tertiary/aromatic N) is 5. The van der Waals surface area contributed by atoms with E-state index >= 15 is 0 Å². The van der Waals surface area contributed by atoms with E-state index in [2.05, 4.69) is 25.7 Å². The Labute approximate surface area is 234 Å². The summed E-state index contributed by atoms with van der Waals surface area (Å²) in [6, 6.07) is 9.78. The van der Waals surface area contributed by atoms with Crippen molar-refractivity contribution in [3.63, 3.8) is 0 Å². The number of benzene rings is 2. The summed E-state index contributed by atoms with van der Waals surface area (Å²) in [5.74, 6) is -0.238. The van der Waals surface area contributed by atoms with Crippen LogP contribution in [-0.4, -0.2) is 54.2 Å². The van der Waals surface area contributed by atoms with Crippen LogP contribution in [0.3, 0.4) is 0 Å². The van der Waals surface area contributed by atoms with Crippen LogP contribution >= 0.6 is 11.6 Å². The molecule has 2 atom stereocenters. The van der Waals surface area contributed by atoms with Crippen LogP contribution in [-0.2, 0) is 18.4 Å². The first-order valence-corrected chi connectivity index (χ1v) is 12.9. The quantitative estimate of drug-likeness (QED) is 0.297. The molecule has 0 spiro atoms. The lowest BCUT2D eigenvalue weighted by Gasteiger charge is -2.26. The van der Waals surface area contributed by atoms with Gasteiger partial charge in [-0.2, -0.15) is 5.10 Å². The molecule has 4 aromatic rings. The van der Waals surface area contributed by atoms with Gasteiger partial charge in [-0.3, -0.25) is 14.3 Å². The largest absolute Gasteiger partial charge is 0.394 e. The normalized spacial score (nSPS) is 14.2. The fourth-order valence-electron chi connectivity index (χ4n) is 4.66. The number of carbonyl (C=O) groups excluding carboxylic acids is 2. The van der Waals surface area contributed by atoms with Crippen LogP contribution < -0.4 is 10.6 Å². The first-order valence-electron chi connectivity index (χ1n) is 12.5. The van der Waals surface area contributed by atoms with Gasteiger partial charge in [-0.15, -0.1) is 0 Å². The zero-order chi connectivity index (χ0) is 28.6. The molecule has 0 saturated carbocycles. The Bertz CT molecular complexity index is 1590. The minimum Gasteiger partial charge on any atom is -0.394 e. The van der Waals surface area contributed by atoms with Crippen LogP contribution in [0, 0.1) is 12.7 Å². The SMILES string of the molecule is Cc1cc(F)cc(C(CO)NC(=O)C(C)N2Cc3ccc(-c4nc(Nc5ccnn5C)ncc4Cl)cc3C2=O)c1. The molecule has 2 amide bonds. The van der Waals surface area contributed by atoms with E-state index in [0.717, 1.165) is 5.56 Å². The van der Waals surface area contributed by atoms with Crippen molar-refractivity contribution in [2.45, 2.75) is 32.5 Å². The van der Waals surface area contributed by atoms with Crippen molar-refractivity contribution in [3.8, 4) is 11.3 Å². The highest BCUT2D eigenvalue weighted by atomic mass is 35.5. The summed E-state index contributed by atoms with van der Waals surface area (Å²) < 4.78 is 15.5. The van der Waals surface area contributed by atoms with Crippen molar-refractivity contribution >= 4 is 35.2 Å². The fraction of sp³-hybridized carbons (Fsp3) is 0.250. The standard InChI is InChI=1S/C28H27ClFN7O3/c1-15-8-19(10-20(30)9-15)23(14-38)33-26(39)16(2)37-13-18-5-4-17(11-21(18)27(37)40)25-22(29)12-31-28(35-25)34-24-6-7-32-36(24)3/h4-12,16,23,38H,13-14H2,1-3H3,(H,33,39)(H,31,34,35). The molecule has 40 heavy (non-hydrogen) atoms. The number of rotatable bonds is 8. The van der Waals surface area contributed by atoms with E-state index in [9.17, 15) is 19.1 Å². The molecule has 1 aliphatic heterocycles. The fourth-order valence-corrected chi connectivity index (χ4v) is 4.86. The summed E-state index contributed by atoms with van der Waals surface area (Å²) in [5.41, 5.74) is 3.37. The molecule has 1 aliphatic rings. The summed E-state index contributed by atoms with van der Waals surface area (Å²) in [6.45, 7) is 3.16. The van der Waals surface area contributed by atoms with Crippen molar-refractivity contribution in [2.24, 2.45) is 7.05 Å². The van der Waals surface area contributed by atoms with Gasteiger partial charge >= 0.3 is 0 Å². The highest BCUT2D eigenvalue weighted by Gasteiger charge is 2.35. The third-order valence-electron chi connectivity index (χ3n) is 6.83. The van der Waals surface area contributed by atoms with Crippen LogP contribution in [0.25, 0.3) is 11.3 Å². The Morgan fingerprint density at radius 2 is 2.02 bits per heavy atom. The topological polar surface area (TPSA) is 125 Å². The number of carbonyl (C=O) groups is 2. The summed E-state index contributed by atoms with van der Waals surface area (Å²) >= 11 is 6.42. The molecule has 10 nitrogen and oxygen atoms in total. The monoisotopic (exact) mass is 563 g/mol. The van der Waals surface area contributed by atoms with Crippen LogP contribution in [0.2, 0.25) is 5.02 Å². The lowest BCUT2D eigenvalue weighted by atomic mass is 10.0. The highest BCUT2D eigenvalue weighted by molar-refractivity contribution is 6.33. The molecule has 2 unspecified atom stereocenters. The lowest BCUT2D eigenvalue weighted by molar-refractivity contribution is -0.126. The lowest BCUT2D eigenvalue weighted by Crippen LogP contribution is -2.46. The highest BCUT2D eigenvalue weighted by Crippen LogP contribution is 2.32. The van der Waals surface area contributed by atoms with Gasteiger partial charge in [0.05, 0.1) is 35.8 Å². The molecule has 206 valence electrons. The summed E-state index contributed by atoms with van der Waals surface area (Å²) in [6.07, 6.45) is 3.12. The van der Waals surface area contributed by atoms with Crippen LogP contribution in [0.15, 0.2) is 54.9 Å². The van der Waals surface area contributed by atoms with Gasteiger partial charge in [0.2, 0.25) is 11.9 Å². The van der Waals surface area contributed by atoms with Gasteiger partial charge in [-0.05, 0) is 48.7 Å². The molecule has 5 rings (SSSR count). The number of nitrogens with one attached hydrogen (secondary N) is 2. The number of halogens is 2. The number of anilines is 2. The maximum Gasteiger partial charge on any atom is 0.255 e. The molecule has 2 aromatic heterocycles. The molecular formula is C28H27ClFN7O3. The second-order valence-electron chi connectivity index (χ2n) is 9.64. The number of fused-ring (bicyclic) bond motifs is 1. The van der Waals surface area contributed by atoms with Crippen LogP contribution in [0.5, 0.6) is 0 Å². The van der Waals surface area contributed by atoms with E-state index in [1.54, 1.807) is 50.0 Å². The Kier molecular flexibility index (Phi) is 7.51. The number of hydrogen-bond acceptors (Lipinski definition) is 7. The van der Waals surface area contributed by atoms with E-state index in [1.165, 1.54) is 23.2 Å². The summed E-state index contributed by atoms with van der Waals surface area (Å²) in [5, 5.41) is 20.1. The number of amides is 2. The van der Waals surface area contributed by atoms with Crippen molar-refractivity contribution in [2.75, 3.05) is 11.9 Å². The molecular weight excluding hydrogens is 537 g/mol. The zero-order valence-corrected chi connectivity index (χ0v) is 22.8. The number of aryl methyl sites for hydroxylation is 2. The Balaban J connectivity index is 1.34. The number of aliphatic hydroxyl groups excluding tert-OH is 1. The predicted molar refractivity (Wildman–Crippen MR) is 147 cm³/mol. The van der Waals surface area contributed by atoms with Gasteiger partial charge in [0.25, 0.3) is 5.91 Å². The number of aliphatic hydroxyl groups is 1. The van der Waals surface area contributed by atoms with E-state index < -0.39 is 30.4 Å². The van der Waals surface area contributed by atoms with Crippen molar-refractivity contribution in [1.29, 1.82) is 0 Å². The van der Waals surface area contributed by atoms with Gasteiger partial charge < -0.3 is 20.6 Å². The third kappa shape index (κ3) is 5.38. The van der Waals surface area contributed by atoms with Gasteiger partial charge in [-0.1, -0.05) is 29.8 Å². The van der Waals surface area contributed by atoms with Gasteiger partial charge in [0, 0.05) is 30.8 Å². The number of hydrogen-bond donors (Lipinski definition) is 3. The molecule has 3 N–H and O–H groups in total. The van der Waals surface area contributed by atoms with E-state index in [1.807, 2.05) is 12.1 Å². The molecule has 0 aliphatic carbocycles. The van der Waals surface area contributed by atoms with Gasteiger partial charge in [-0.25, -0.2) is 14.4 Å². The summed E-state index contributed by atoms with van der Waals surface area (Å²) in [4.78, 5) is 36.7. The molecule has 2 aromatic carbocycles. The average Bonchev–Trinajstić information content (AvgIpc) is 3.48. The minimum absolute atomic E-state index is 0.233. The third-order valence-corrected chi connectivity index (χ3v) is 7.11. The van der Waals surface area contributed by atoms with Crippen LogP contribution in [0.4, 0.5) is 16.2 Å². The molecule has 0 radical (unpaired) electrons. The van der Waals surface area contributed by atoms with Gasteiger partial charge in [0.15, 0.2) is 0 Å². The first kappa shape index (κ1) is 27.2. The predicted octanol–water partition coefficient (Wildman–Crippen LogP) is 3.92. The number of aromatic nitrogens is 4. The van der Waals surface area contributed by atoms with E-state index in [0.29, 0.717) is 44.7 Å². The second-order valence-corrected chi connectivity index (χ2v) is 10.0. The Hall–Kier alpha value is -4.35. The Morgan fingerprint density at radius 1 is 1.23 bits per heavy atom. The minimum atomic E-state index is -0.843.